The lowest BCUT2D eigenvalue weighted by Crippen LogP contribution is -2.31. The summed E-state index contributed by atoms with van der Waals surface area (Å²) < 4.78 is 5.24. The highest BCUT2D eigenvalue weighted by Gasteiger charge is 2.10. The lowest BCUT2D eigenvalue weighted by molar-refractivity contribution is 0.0939. The number of amides is 1. The predicted molar refractivity (Wildman–Crippen MR) is 69.6 cm³/mol. The van der Waals surface area contributed by atoms with Crippen molar-refractivity contribution in [3.63, 3.8) is 0 Å². The van der Waals surface area contributed by atoms with E-state index < -0.39 is 0 Å². The van der Waals surface area contributed by atoms with Crippen LogP contribution in [0.15, 0.2) is 18.2 Å². The average Bonchev–Trinajstić information content (AvgIpc) is 2.37. The Labute approximate surface area is 103 Å². The van der Waals surface area contributed by atoms with E-state index in [1.807, 2.05) is 26.0 Å². The normalized spacial score (nSPS) is 12.0. The van der Waals surface area contributed by atoms with Crippen LogP contribution in [0.2, 0.25) is 0 Å². The van der Waals surface area contributed by atoms with E-state index in [1.165, 1.54) is 0 Å². The standard InChI is InChI=1S/C14H21NO2/c1-5-10(3)15-14(16)12-7-8-13(17-4)11(6-2)9-12/h7-10H,5-6H2,1-4H3,(H,15,16). The Kier molecular flexibility index (Phi) is 5.01. The molecule has 0 heterocycles. The predicted octanol–water partition coefficient (Wildman–Crippen LogP) is 2.79. The molecule has 1 aromatic carbocycles. The molecule has 1 atom stereocenters. The number of nitrogens with one attached hydrogen (secondary N) is 1. The number of ether oxygens (including phenoxy) is 1. The van der Waals surface area contributed by atoms with Crippen molar-refractivity contribution < 1.29 is 9.53 Å². The van der Waals surface area contributed by atoms with E-state index in [4.69, 9.17) is 4.74 Å². The Morgan fingerprint density at radius 1 is 1.41 bits per heavy atom. The molecule has 0 aliphatic rings. The van der Waals surface area contributed by atoms with Gasteiger partial charge in [-0.1, -0.05) is 13.8 Å². The first-order chi connectivity index (χ1) is 8.12. The Hall–Kier alpha value is -1.51. The number of carbonyl (C=O) groups excluding carboxylic acids is 1. The lowest BCUT2D eigenvalue weighted by atomic mass is 10.1. The first kappa shape index (κ1) is 13.6. The highest BCUT2D eigenvalue weighted by Crippen LogP contribution is 2.20. The Morgan fingerprint density at radius 3 is 2.65 bits per heavy atom. The van der Waals surface area contributed by atoms with Crippen LogP contribution in [0.3, 0.4) is 0 Å². The fraction of sp³-hybridized carbons (Fsp3) is 0.500. The van der Waals surface area contributed by atoms with E-state index in [2.05, 4.69) is 12.2 Å². The minimum atomic E-state index is -0.0169. The molecule has 17 heavy (non-hydrogen) atoms. The maximum Gasteiger partial charge on any atom is 0.251 e. The monoisotopic (exact) mass is 235 g/mol. The summed E-state index contributed by atoms with van der Waals surface area (Å²) in [6, 6.07) is 5.76. The summed E-state index contributed by atoms with van der Waals surface area (Å²) >= 11 is 0. The molecule has 3 nitrogen and oxygen atoms in total. The summed E-state index contributed by atoms with van der Waals surface area (Å²) in [6.07, 6.45) is 1.79. The zero-order valence-electron chi connectivity index (χ0n) is 11.0. The summed E-state index contributed by atoms with van der Waals surface area (Å²) in [7, 11) is 1.65. The molecule has 0 fully saturated rings. The van der Waals surface area contributed by atoms with Gasteiger partial charge in [0.2, 0.25) is 0 Å². The number of rotatable bonds is 5. The van der Waals surface area contributed by atoms with Gasteiger partial charge in [-0.25, -0.2) is 0 Å². The average molecular weight is 235 g/mol. The van der Waals surface area contributed by atoms with E-state index in [0.29, 0.717) is 5.56 Å². The van der Waals surface area contributed by atoms with Crippen molar-refractivity contribution in [2.24, 2.45) is 0 Å². The molecule has 3 heteroatoms. The minimum Gasteiger partial charge on any atom is -0.496 e. The van der Waals surface area contributed by atoms with Crippen LogP contribution < -0.4 is 10.1 Å². The van der Waals surface area contributed by atoms with Crippen LogP contribution in [0.25, 0.3) is 0 Å². The smallest absolute Gasteiger partial charge is 0.251 e. The molecule has 1 N–H and O–H groups in total. The molecule has 0 spiro atoms. The summed E-state index contributed by atoms with van der Waals surface area (Å²) in [6.45, 7) is 6.10. The molecule has 0 saturated heterocycles. The molecule has 1 amide bonds. The van der Waals surface area contributed by atoms with Crippen molar-refractivity contribution in [1.29, 1.82) is 0 Å². The van der Waals surface area contributed by atoms with Gasteiger partial charge in [-0.05, 0) is 43.5 Å². The minimum absolute atomic E-state index is 0.0169. The van der Waals surface area contributed by atoms with Gasteiger partial charge in [0, 0.05) is 11.6 Å². The topological polar surface area (TPSA) is 38.3 Å². The molecule has 0 aromatic heterocycles. The van der Waals surface area contributed by atoms with E-state index in [1.54, 1.807) is 13.2 Å². The maximum atomic E-state index is 11.9. The fourth-order valence-electron chi connectivity index (χ4n) is 1.61. The molecule has 0 radical (unpaired) electrons. The third-order valence-corrected chi connectivity index (χ3v) is 2.91. The van der Waals surface area contributed by atoms with Crippen molar-refractivity contribution >= 4 is 5.91 Å². The van der Waals surface area contributed by atoms with Gasteiger partial charge in [-0.3, -0.25) is 4.79 Å². The van der Waals surface area contributed by atoms with Crippen LogP contribution >= 0.6 is 0 Å². The van der Waals surface area contributed by atoms with Gasteiger partial charge >= 0.3 is 0 Å². The van der Waals surface area contributed by atoms with Crippen LogP contribution in [-0.2, 0) is 6.42 Å². The van der Waals surface area contributed by atoms with Gasteiger partial charge in [0.05, 0.1) is 7.11 Å². The fourth-order valence-corrected chi connectivity index (χ4v) is 1.61. The molecule has 1 unspecified atom stereocenters. The third-order valence-electron chi connectivity index (χ3n) is 2.91. The third kappa shape index (κ3) is 3.48. The Bertz CT molecular complexity index is 388. The SMILES string of the molecule is CCc1cc(C(=O)NC(C)CC)ccc1OC. The molecular weight excluding hydrogens is 214 g/mol. The van der Waals surface area contributed by atoms with Crippen molar-refractivity contribution in [3.8, 4) is 5.75 Å². The van der Waals surface area contributed by atoms with Crippen molar-refractivity contribution in [3.05, 3.63) is 29.3 Å². The first-order valence-electron chi connectivity index (χ1n) is 6.10. The Balaban J connectivity index is 2.88. The zero-order chi connectivity index (χ0) is 12.8. The molecule has 1 aromatic rings. The summed E-state index contributed by atoms with van der Waals surface area (Å²) in [5.41, 5.74) is 1.76. The number of carbonyl (C=O) groups is 1. The molecule has 0 saturated carbocycles. The summed E-state index contributed by atoms with van der Waals surface area (Å²) in [5.74, 6) is 0.823. The second-order valence-electron chi connectivity index (χ2n) is 4.16. The van der Waals surface area contributed by atoms with E-state index >= 15 is 0 Å². The lowest BCUT2D eigenvalue weighted by Gasteiger charge is -2.13. The van der Waals surface area contributed by atoms with Gasteiger partial charge in [0.25, 0.3) is 5.91 Å². The summed E-state index contributed by atoms with van der Waals surface area (Å²) in [4.78, 5) is 11.9. The summed E-state index contributed by atoms with van der Waals surface area (Å²) in [5, 5.41) is 2.95. The molecular formula is C14H21NO2. The van der Waals surface area contributed by atoms with Gasteiger partial charge in [-0.2, -0.15) is 0 Å². The largest absolute Gasteiger partial charge is 0.496 e. The molecule has 94 valence electrons. The van der Waals surface area contributed by atoms with E-state index in [0.717, 1.165) is 24.2 Å². The van der Waals surface area contributed by atoms with Gasteiger partial charge in [-0.15, -0.1) is 0 Å². The van der Waals surface area contributed by atoms with Crippen molar-refractivity contribution in [2.45, 2.75) is 39.7 Å². The number of hydrogen-bond acceptors (Lipinski definition) is 2. The maximum absolute atomic E-state index is 11.9. The molecule has 0 aliphatic heterocycles. The Morgan fingerprint density at radius 2 is 2.12 bits per heavy atom. The van der Waals surface area contributed by atoms with Crippen LogP contribution in [-0.4, -0.2) is 19.1 Å². The van der Waals surface area contributed by atoms with Crippen molar-refractivity contribution in [1.82, 2.24) is 5.32 Å². The second-order valence-corrected chi connectivity index (χ2v) is 4.16. The van der Waals surface area contributed by atoms with Crippen LogP contribution in [0.4, 0.5) is 0 Å². The van der Waals surface area contributed by atoms with Gasteiger partial charge in [0.15, 0.2) is 0 Å². The number of aryl methyl sites for hydroxylation is 1. The zero-order valence-corrected chi connectivity index (χ0v) is 11.0. The first-order valence-corrected chi connectivity index (χ1v) is 6.10. The highest BCUT2D eigenvalue weighted by atomic mass is 16.5. The molecule has 0 bridgehead atoms. The van der Waals surface area contributed by atoms with Gasteiger partial charge < -0.3 is 10.1 Å². The number of methoxy groups -OCH3 is 1. The number of hydrogen-bond donors (Lipinski definition) is 1. The van der Waals surface area contributed by atoms with E-state index in [9.17, 15) is 4.79 Å². The second kappa shape index (κ2) is 6.28. The quantitative estimate of drug-likeness (QED) is 0.852. The molecule has 0 aliphatic carbocycles. The van der Waals surface area contributed by atoms with Crippen LogP contribution in [0.5, 0.6) is 5.75 Å². The molecule has 1 rings (SSSR count). The number of benzene rings is 1. The van der Waals surface area contributed by atoms with Crippen molar-refractivity contribution in [2.75, 3.05) is 7.11 Å². The highest BCUT2D eigenvalue weighted by molar-refractivity contribution is 5.94. The van der Waals surface area contributed by atoms with Crippen LogP contribution in [0.1, 0.15) is 43.1 Å². The van der Waals surface area contributed by atoms with Crippen LogP contribution in [0, 0.1) is 0 Å². The van der Waals surface area contributed by atoms with Gasteiger partial charge in [0.1, 0.15) is 5.75 Å². The van der Waals surface area contributed by atoms with E-state index in [-0.39, 0.29) is 11.9 Å².